The van der Waals surface area contributed by atoms with E-state index in [2.05, 4.69) is 19.1 Å². The topological polar surface area (TPSA) is 20.2 Å². The highest BCUT2D eigenvalue weighted by atomic mass is 16.3. The highest BCUT2D eigenvalue weighted by Gasteiger charge is 2.14. The van der Waals surface area contributed by atoms with Crippen molar-refractivity contribution in [3.8, 4) is 0 Å². The van der Waals surface area contributed by atoms with E-state index in [4.69, 9.17) is 0 Å². The summed E-state index contributed by atoms with van der Waals surface area (Å²) in [5.41, 5.74) is 0. The maximum absolute atomic E-state index is 9.62. The number of hydrogen-bond acceptors (Lipinski definition) is 1. The van der Waals surface area contributed by atoms with Crippen LogP contribution in [0, 0.1) is 5.92 Å². The molecule has 2 atom stereocenters. The zero-order chi connectivity index (χ0) is 8.10. The molecule has 0 amide bonds. The summed E-state index contributed by atoms with van der Waals surface area (Å²) in [6.45, 7) is 2.14. The van der Waals surface area contributed by atoms with Crippen LogP contribution in [-0.2, 0) is 0 Å². The second-order valence-corrected chi connectivity index (χ2v) is 3.35. The van der Waals surface area contributed by atoms with Crippen LogP contribution in [0.5, 0.6) is 0 Å². The van der Waals surface area contributed by atoms with E-state index in [0.717, 1.165) is 12.8 Å². The smallest absolute Gasteiger partial charge is 0.0602 e. The van der Waals surface area contributed by atoms with Gasteiger partial charge >= 0.3 is 0 Å². The molecule has 0 bridgehead atoms. The first-order valence-electron chi connectivity index (χ1n) is 4.69. The van der Waals surface area contributed by atoms with Gasteiger partial charge < -0.3 is 5.11 Å². The molecular weight excluding hydrogens is 136 g/mol. The molecule has 0 heterocycles. The summed E-state index contributed by atoms with van der Waals surface area (Å²) in [4.78, 5) is 0. The molecule has 1 nitrogen and oxygen atoms in total. The summed E-state index contributed by atoms with van der Waals surface area (Å²) in [6, 6.07) is 0. The zero-order valence-corrected chi connectivity index (χ0v) is 7.29. The van der Waals surface area contributed by atoms with Gasteiger partial charge in [0.15, 0.2) is 0 Å². The van der Waals surface area contributed by atoms with Crippen molar-refractivity contribution in [3.63, 3.8) is 0 Å². The van der Waals surface area contributed by atoms with Crippen LogP contribution in [0.15, 0.2) is 12.2 Å². The van der Waals surface area contributed by atoms with Crippen LogP contribution in [0.25, 0.3) is 0 Å². The lowest BCUT2D eigenvalue weighted by Gasteiger charge is -2.19. The third-order valence-corrected chi connectivity index (χ3v) is 2.47. The largest absolute Gasteiger partial charge is 0.393 e. The summed E-state index contributed by atoms with van der Waals surface area (Å²) < 4.78 is 0. The molecule has 0 aromatic carbocycles. The average molecular weight is 154 g/mol. The number of hydrogen-bond donors (Lipinski definition) is 1. The van der Waals surface area contributed by atoms with Crippen molar-refractivity contribution in [1.82, 2.24) is 0 Å². The molecule has 1 aliphatic rings. The van der Waals surface area contributed by atoms with Gasteiger partial charge in [0.2, 0.25) is 0 Å². The van der Waals surface area contributed by atoms with E-state index in [-0.39, 0.29) is 6.10 Å². The fourth-order valence-corrected chi connectivity index (χ4v) is 1.64. The van der Waals surface area contributed by atoms with Crippen LogP contribution in [-0.4, -0.2) is 11.2 Å². The van der Waals surface area contributed by atoms with E-state index in [1.165, 1.54) is 19.3 Å². The maximum Gasteiger partial charge on any atom is 0.0602 e. The highest BCUT2D eigenvalue weighted by molar-refractivity contribution is 4.92. The Morgan fingerprint density at radius 1 is 1.45 bits per heavy atom. The second kappa shape index (κ2) is 4.55. The fraction of sp³-hybridized carbons (Fsp3) is 0.800. The third-order valence-electron chi connectivity index (χ3n) is 2.47. The zero-order valence-electron chi connectivity index (χ0n) is 7.29. The maximum atomic E-state index is 9.62. The molecule has 1 rings (SSSR count). The summed E-state index contributed by atoms with van der Waals surface area (Å²) in [6.07, 6.45) is 9.99. The molecule has 0 aromatic rings. The summed E-state index contributed by atoms with van der Waals surface area (Å²) in [7, 11) is 0. The Bertz CT molecular complexity index is 129. The molecule has 11 heavy (non-hydrogen) atoms. The SMILES string of the molecule is CCC1C=CCCCCC1O. The van der Waals surface area contributed by atoms with Gasteiger partial charge in [-0.15, -0.1) is 0 Å². The van der Waals surface area contributed by atoms with Crippen LogP contribution in [0.2, 0.25) is 0 Å². The minimum Gasteiger partial charge on any atom is -0.393 e. The molecule has 1 aliphatic carbocycles. The summed E-state index contributed by atoms with van der Waals surface area (Å²) in [5.74, 6) is 0.412. The minimum absolute atomic E-state index is 0.0865. The molecule has 0 radical (unpaired) electrons. The number of allylic oxidation sites excluding steroid dienone is 1. The number of rotatable bonds is 1. The Morgan fingerprint density at radius 3 is 3.00 bits per heavy atom. The van der Waals surface area contributed by atoms with Crippen LogP contribution < -0.4 is 0 Å². The van der Waals surface area contributed by atoms with Crippen LogP contribution >= 0.6 is 0 Å². The lowest BCUT2D eigenvalue weighted by molar-refractivity contribution is 0.114. The highest BCUT2D eigenvalue weighted by Crippen LogP contribution is 2.19. The quantitative estimate of drug-likeness (QED) is 0.575. The normalized spacial score (nSPS) is 32.9. The van der Waals surface area contributed by atoms with Gasteiger partial charge in [0, 0.05) is 5.92 Å². The first-order chi connectivity index (χ1) is 5.34. The van der Waals surface area contributed by atoms with Gasteiger partial charge in [-0.05, 0) is 25.7 Å². The summed E-state index contributed by atoms with van der Waals surface area (Å²) >= 11 is 0. The molecule has 0 saturated heterocycles. The number of aliphatic hydroxyl groups is 1. The van der Waals surface area contributed by atoms with Crippen molar-refractivity contribution in [1.29, 1.82) is 0 Å². The lowest BCUT2D eigenvalue weighted by Crippen LogP contribution is -2.18. The Hall–Kier alpha value is -0.300. The van der Waals surface area contributed by atoms with Crippen LogP contribution in [0.3, 0.4) is 0 Å². The molecule has 0 fully saturated rings. The molecule has 0 aromatic heterocycles. The van der Waals surface area contributed by atoms with Gasteiger partial charge in [0.25, 0.3) is 0 Å². The summed E-state index contributed by atoms with van der Waals surface area (Å²) in [5, 5.41) is 9.62. The monoisotopic (exact) mass is 154 g/mol. The van der Waals surface area contributed by atoms with E-state index in [1.54, 1.807) is 0 Å². The molecule has 64 valence electrons. The van der Waals surface area contributed by atoms with Crippen molar-refractivity contribution in [2.45, 2.75) is 45.1 Å². The Labute approximate surface area is 69.1 Å². The Balaban J connectivity index is 2.48. The van der Waals surface area contributed by atoms with E-state index >= 15 is 0 Å². The predicted octanol–water partition coefficient (Wildman–Crippen LogP) is 2.50. The molecule has 1 heteroatoms. The molecule has 0 spiro atoms. The lowest BCUT2D eigenvalue weighted by atomic mass is 9.92. The van der Waals surface area contributed by atoms with Crippen molar-refractivity contribution in [3.05, 3.63) is 12.2 Å². The van der Waals surface area contributed by atoms with Gasteiger partial charge in [-0.1, -0.05) is 25.5 Å². The average Bonchev–Trinajstić information content (AvgIpc) is 1.98. The fourth-order valence-electron chi connectivity index (χ4n) is 1.64. The van der Waals surface area contributed by atoms with Gasteiger partial charge in [-0.3, -0.25) is 0 Å². The van der Waals surface area contributed by atoms with Gasteiger partial charge in [-0.25, -0.2) is 0 Å². The van der Waals surface area contributed by atoms with Crippen LogP contribution in [0.1, 0.15) is 39.0 Å². The van der Waals surface area contributed by atoms with E-state index in [1.807, 2.05) is 0 Å². The predicted molar refractivity (Wildman–Crippen MR) is 47.4 cm³/mol. The first kappa shape index (κ1) is 8.79. The minimum atomic E-state index is -0.0865. The van der Waals surface area contributed by atoms with E-state index in [9.17, 15) is 5.11 Å². The van der Waals surface area contributed by atoms with Gasteiger partial charge in [0.05, 0.1) is 6.10 Å². The van der Waals surface area contributed by atoms with E-state index < -0.39 is 0 Å². The third kappa shape index (κ3) is 2.66. The number of aliphatic hydroxyl groups excluding tert-OH is 1. The van der Waals surface area contributed by atoms with E-state index in [0.29, 0.717) is 5.92 Å². The molecule has 1 N–H and O–H groups in total. The first-order valence-corrected chi connectivity index (χ1v) is 4.69. The molecule has 0 aliphatic heterocycles. The van der Waals surface area contributed by atoms with Crippen molar-refractivity contribution in [2.24, 2.45) is 5.92 Å². The Morgan fingerprint density at radius 2 is 2.27 bits per heavy atom. The Kier molecular flexibility index (Phi) is 3.64. The van der Waals surface area contributed by atoms with Crippen molar-refractivity contribution in [2.75, 3.05) is 0 Å². The van der Waals surface area contributed by atoms with Gasteiger partial charge in [-0.2, -0.15) is 0 Å². The van der Waals surface area contributed by atoms with Crippen LogP contribution in [0.4, 0.5) is 0 Å². The molecule has 2 unspecified atom stereocenters. The molecular formula is C10H18O. The van der Waals surface area contributed by atoms with Crippen molar-refractivity contribution >= 4 is 0 Å². The standard InChI is InChI=1S/C10H18O/c1-2-9-7-5-3-4-6-8-10(9)11/h5,7,9-11H,2-4,6,8H2,1H3. The van der Waals surface area contributed by atoms with Gasteiger partial charge in [0.1, 0.15) is 0 Å². The van der Waals surface area contributed by atoms with Crippen molar-refractivity contribution < 1.29 is 5.11 Å². The molecule has 0 saturated carbocycles. The second-order valence-electron chi connectivity index (χ2n) is 3.35.